The number of ether oxygens (including phenoxy) is 1. The molecule has 1 atom stereocenters. The Kier molecular flexibility index (Phi) is 5.98. The van der Waals surface area contributed by atoms with Gasteiger partial charge in [-0.05, 0) is 48.9 Å². The molecule has 3 N–H and O–H groups in total. The SMILES string of the molecule is C#CCOc1ccc(NC(=O)NCC(C)(O)c2ccc(F)cc2)cc1. The third kappa shape index (κ3) is 5.52. The van der Waals surface area contributed by atoms with E-state index in [0.29, 0.717) is 17.0 Å². The maximum Gasteiger partial charge on any atom is 0.319 e. The van der Waals surface area contributed by atoms with Crippen molar-refractivity contribution < 1.29 is 19.0 Å². The number of amides is 2. The molecule has 2 rings (SSSR count). The molecule has 0 fully saturated rings. The molecule has 2 aromatic carbocycles. The molecule has 2 amide bonds. The van der Waals surface area contributed by atoms with E-state index in [9.17, 15) is 14.3 Å². The van der Waals surface area contributed by atoms with Crippen LogP contribution < -0.4 is 15.4 Å². The number of benzene rings is 2. The molecule has 0 aromatic heterocycles. The number of anilines is 1. The van der Waals surface area contributed by atoms with Gasteiger partial charge in [-0.25, -0.2) is 9.18 Å². The fourth-order valence-corrected chi connectivity index (χ4v) is 2.10. The number of urea groups is 1. The van der Waals surface area contributed by atoms with E-state index in [1.165, 1.54) is 31.2 Å². The number of terminal acetylenes is 1. The third-order valence-corrected chi connectivity index (χ3v) is 3.49. The maximum absolute atomic E-state index is 12.9. The van der Waals surface area contributed by atoms with Gasteiger partial charge in [0, 0.05) is 5.69 Å². The summed E-state index contributed by atoms with van der Waals surface area (Å²) in [6.45, 7) is 1.68. The van der Waals surface area contributed by atoms with Gasteiger partial charge in [-0.15, -0.1) is 6.42 Å². The molecule has 0 heterocycles. The summed E-state index contributed by atoms with van der Waals surface area (Å²) in [6, 6.07) is 11.7. The number of hydrogen-bond acceptors (Lipinski definition) is 3. The fourth-order valence-electron chi connectivity index (χ4n) is 2.10. The zero-order valence-electron chi connectivity index (χ0n) is 13.8. The van der Waals surface area contributed by atoms with Crippen LogP contribution in [-0.2, 0) is 5.60 Å². The number of nitrogens with one attached hydrogen (secondary N) is 2. The summed E-state index contributed by atoms with van der Waals surface area (Å²) in [5.41, 5.74) is -0.256. The van der Waals surface area contributed by atoms with Crippen molar-refractivity contribution in [3.63, 3.8) is 0 Å². The summed E-state index contributed by atoms with van der Waals surface area (Å²) in [6.07, 6.45) is 5.11. The zero-order valence-corrected chi connectivity index (χ0v) is 13.8. The van der Waals surface area contributed by atoms with E-state index in [1.807, 2.05) is 0 Å². The molecule has 0 aliphatic carbocycles. The second-order valence-electron chi connectivity index (χ2n) is 5.61. The molecule has 0 saturated heterocycles. The Morgan fingerprint density at radius 1 is 1.24 bits per heavy atom. The van der Waals surface area contributed by atoms with E-state index >= 15 is 0 Å². The van der Waals surface area contributed by atoms with Gasteiger partial charge in [0.2, 0.25) is 0 Å². The van der Waals surface area contributed by atoms with Crippen LogP contribution in [0.4, 0.5) is 14.9 Å². The van der Waals surface area contributed by atoms with Crippen LogP contribution in [0, 0.1) is 18.2 Å². The van der Waals surface area contributed by atoms with Gasteiger partial charge in [0.25, 0.3) is 0 Å². The van der Waals surface area contributed by atoms with Crippen LogP contribution >= 0.6 is 0 Å². The molecule has 0 aliphatic rings. The third-order valence-electron chi connectivity index (χ3n) is 3.49. The van der Waals surface area contributed by atoms with Crippen molar-refractivity contribution in [1.82, 2.24) is 5.32 Å². The summed E-state index contributed by atoms with van der Waals surface area (Å²) in [5, 5.41) is 15.6. The second-order valence-corrected chi connectivity index (χ2v) is 5.61. The first-order valence-electron chi connectivity index (χ1n) is 7.60. The molecule has 130 valence electrons. The number of halogens is 1. The zero-order chi connectivity index (χ0) is 18.3. The maximum atomic E-state index is 12.9. The largest absolute Gasteiger partial charge is 0.481 e. The van der Waals surface area contributed by atoms with Crippen LogP contribution in [0.2, 0.25) is 0 Å². The van der Waals surface area contributed by atoms with Crippen LogP contribution in [0.5, 0.6) is 5.75 Å². The predicted octanol–water partition coefficient (Wildman–Crippen LogP) is 2.87. The Hall–Kier alpha value is -3.04. The van der Waals surface area contributed by atoms with E-state index in [1.54, 1.807) is 24.3 Å². The quantitative estimate of drug-likeness (QED) is 0.707. The number of aliphatic hydroxyl groups is 1. The lowest BCUT2D eigenvalue weighted by molar-refractivity contribution is 0.0599. The standard InChI is InChI=1S/C19H19FN2O3/c1-3-12-25-17-10-8-16(9-11-17)22-18(23)21-13-19(2,24)14-4-6-15(20)7-5-14/h1,4-11,24H,12-13H2,2H3,(H2,21,22,23). The van der Waals surface area contributed by atoms with E-state index in [4.69, 9.17) is 11.2 Å². The Morgan fingerprint density at radius 3 is 2.48 bits per heavy atom. The van der Waals surface area contributed by atoms with E-state index < -0.39 is 11.6 Å². The number of rotatable bonds is 6. The number of carbonyl (C=O) groups is 1. The minimum absolute atomic E-state index is 0.0339. The average molecular weight is 342 g/mol. The molecule has 5 nitrogen and oxygen atoms in total. The molecule has 0 aliphatic heterocycles. The summed E-state index contributed by atoms with van der Waals surface area (Å²) in [7, 11) is 0. The van der Waals surface area contributed by atoms with Gasteiger partial charge in [-0.3, -0.25) is 0 Å². The van der Waals surface area contributed by atoms with E-state index in [2.05, 4.69) is 16.6 Å². The summed E-state index contributed by atoms with van der Waals surface area (Å²) in [5.74, 6) is 2.58. The second kappa shape index (κ2) is 8.18. The van der Waals surface area contributed by atoms with Crippen LogP contribution in [0.1, 0.15) is 12.5 Å². The Bertz CT molecular complexity index is 750. The highest BCUT2D eigenvalue weighted by molar-refractivity contribution is 5.89. The van der Waals surface area contributed by atoms with E-state index in [0.717, 1.165) is 0 Å². The van der Waals surface area contributed by atoms with Gasteiger partial charge < -0.3 is 20.5 Å². The molecular weight excluding hydrogens is 323 g/mol. The topological polar surface area (TPSA) is 70.6 Å². The highest BCUT2D eigenvalue weighted by Gasteiger charge is 2.23. The highest BCUT2D eigenvalue weighted by atomic mass is 19.1. The van der Waals surface area contributed by atoms with Crippen molar-refractivity contribution in [2.75, 3.05) is 18.5 Å². The molecule has 0 radical (unpaired) electrons. The van der Waals surface area contributed by atoms with Gasteiger partial charge in [-0.2, -0.15) is 0 Å². The number of hydrogen-bond donors (Lipinski definition) is 3. The first-order valence-corrected chi connectivity index (χ1v) is 7.60. The first kappa shape index (κ1) is 18.3. The smallest absolute Gasteiger partial charge is 0.319 e. The van der Waals surface area contributed by atoms with Crippen molar-refractivity contribution in [3.05, 3.63) is 59.9 Å². The molecule has 0 bridgehead atoms. The van der Waals surface area contributed by atoms with Crippen LogP contribution in [0.25, 0.3) is 0 Å². The Morgan fingerprint density at radius 2 is 1.88 bits per heavy atom. The first-order chi connectivity index (χ1) is 11.9. The summed E-state index contributed by atoms with van der Waals surface area (Å²) < 4.78 is 18.2. The number of carbonyl (C=O) groups excluding carboxylic acids is 1. The molecular formula is C19H19FN2O3. The average Bonchev–Trinajstić information content (AvgIpc) is 2.60. The monoisotopic (exact) mass is 342 g/mol. The molecule has 6 heteroatoms. The normalized spacial score (nSPS) is 12.6. The molecule has 1 unspecified atom stereocenters. The van der Waals surface area contributed by atoms with Gasteiger partial charge in [0.1, 0.15) is 23.8 Å². The molecule has 0 saturated carbocycles. The van der Waals surface area contributed by atoms with E-state index in [-0.39, 0.29) is 19.0 Å². The lowest BCUT2D eigenvalue weighted by atomic mass is 9.96. The van der Waals surface area contributed by atoms with Crippen LogP contribution in [-0.4, -0.2) is 24.3 Å². The van der Waals surface area contributed by atoms with Crippen LogP contribution in [0.3, 0.4) is 0 Å². The summed E-state index contributed by atoms with van der Waals surface area (Å²) >= 11 is 0. The lowest BCUT2D eigenvalue weighted by Crippen LogP contribution is -2.40. The van der Waals surface area contributed by atoms with Crippen molar-refractivity contribution in [1.29, 1.82) is 0 Å². The summed E-state index contributed by atoms with van der Waals surface area (Å²) in [4.78, 5) is 12.0. The minimum atomic E-state index is -1.32. The molecule has 0 spiro atoms. The van der Waals surface area contributed by atoms with Crippen LogP contribution in [0.15, 0.2) is 48.5 Å². The predicted molar refractivity (Wildman–Crippen MR) is 93.8 cm³/mol. The van der Waals surface area contributed by atoms with Crippen molar-refractivity contribution in [2.24, 2.45) is 0 Å². The molecule has 2 aromatic rings. The highest BCUT2D eigenvalue weighted by Crippen LogP contribution is 2.20. The lowest BCUT2D eigenvalue weighted by Gasteiger charge is -2.24. The van der Waals surface area contributed by atoms with Crippen molar-refractivity contribution in [2.45, 2.75) is 12.5 Å². The molecule has 25 heavy (non-hydrogen) atoms. The van der Waals surface area contributed by atoms with Crippen molar-refractivity contribution >= 4 is 11.7 Å². The fraction of sp³-hybridized carbons (Fsp3) is 0.211. The Balaban J connectivity index is 1.87. The van der Waals surface area contributed by atoms with Gasteiger partial charge >= 0.3 is 6.03 Å². The minimum Gasteiger partial charge on any atom is -0.481 e. The van der Waals surface area contributed by atoms with Gasteiger partial charge in [0.15, 0.2) is 0 Å². The Labute approximate surface area is 145 Å². The van der Waals surface area contributed by atoms with Crippen molar-refractivity contribution in [3.8, 4) is 18.1 Å². The van der Waals surface area contributed by atoms with Gasteiger partial charge in [0.05, 0.1) is 6.54 Å². The van der Waals surface area contributed by atoms with Gasteiger partial charge in [-0.1, -0.05) is 18.1 Å².